The van der Waals surface area contributed by atoms with Crippen molar-refractivity contribution in [3.63, 3.8) is 0 Å². The summed E-state index contributed by atoms with van der Waals surface area (Å²) in [5, 5.41) is 12.8. The summed E-state index contributed by atoms with van der Waals surface area (Å²) in [5.74, 6) is 1.22. The molecule has 0 radical (unpaired) electrons. The molecule has 0 bridgehead atoms. The van der Waals surface area contributed by atoms with Crippen LogP contribution in [0, 0.1) is 5.41 Å². The third kappa shape index (κ3) is 4.59. The minimum atomic E-state index is 0.0650. The van der Waals surface area contributed by atoms with E-state index in [4.69, 9.17) is 0 Å². The SMILES string of the molecule is CC(C)n1nnc(C2CCN(C(=O)c3ccc(C(c4ccccc4)C(C)(C)C)cc3)C2)n1. The largest absolute Gasteiger partial charge is 0.338 e. The number of carbonyl (C=O) groups excluding carboxylic acids is 1. The van der Waals surface area contributed by atoms with E-state index in [2.05, 4.69) is 72.6 Å². The van der Waals surface area contributed by atoms with Gasteiger partial charge >= 0.3 is 0 Å². The summed E-state index contributed by atoms with van der Waals surface area (Å²) in [6.07, 6.45) is 0.869. The Balaban J connectivity index is 1.48. The first-order valence-electron chi connectivity index (χ1n) is 11.5. The molecule has 4 rings (SSSR count). The van der Waals surface area contributed by atoms with Gasteiger partial charge in [-0.1, -0.05) is 63.2 Å². The van der Waals surface area contributed by atoms with E-state index in [0.717, 1.165) is 24.4 Å². The lowest BCUT2D eigenvalue weighted by Gasteiger charge is -2.32. The summed E-state index contributed by atoms with van der Waals surface area (Å²) < 4.78 is 0. The van der Waals surface area contributed by atoms with E-state index >= 15 is 0 Å². The Morgan fingerprint density at radius 2 is 1.66 bits per heavy atom. The number of nitrogens with zero attached hydrogens (tertiary/aromatic N) is 5. The van der Waals surface area contributed by atoms with Crippen molar-refractivity contribution in [1.29, 1.82) is 0 Å². The molecular weight excluding hydrogens is 398 g/mol. The maximum atomic E-state index is 13.1. The van der Waals surface area contributed by atoms with Crippen molar-refractivity contribution in [3.8, 4) is 0 Å². The molecular formula is C26H33N5O. The quantitative estimate of drug-likeness (QED) is 0.566. The highest BCUT2D eigenvalue weighted by Crippen LogP contribution is 2.40. The molecule has 2 heterocycles. The molecule has 2 unspecified atom stereocenters. The molecule has 0 N–H and O–H groups in total. The standard InChI is InChI=1S/C26H33N5O/c1-18(2)31-28-24(27-29-31)22-15-16-30(17-22)25(32)21-13-11-20(12-14-21)23(26(3,4)5)19-9-7-6-8-10-19/h6-14,18,22-23H,15-17H2,1-5H3. The van der Waals surface area contributed by atoms with E-state index < -0.39 is 0 Å². The molecule has 0 spiro atoms. The van der Waals surface area contributed by atoms with Gasteiger partial charge in [-0.25, -0.2) is 0 Å². The van der Waals surface area contributed by atoms with Crippen LogP contribution in [0.3, 0.4) is 0 Å². The molecule has 6 nitrogen and oxygen atoms in total. The predicted octanol–water partition coefficient (Wildman–Crippen LogP) is 5.06. The van der Waals surface area contributed by atoms with E-state index in [9.17, 15) is 4.79 Å². The lowest BCUT2D eigenvalue weighted by Crippen LogP contribution is -2.28. The number of likely N-dealkylation sites (tertiary alicyclic amines) is 1. The Kier molecular flexibility index (Phi) is 6.13. The first-order chi connectivity index (χ1) is 15.2. The zero-order valence-electron chi connectivity index (χ0n) is 19.7. The highest BCUT2D eigenvalue weighted by atomic mass is 16.2. The fraction of sp³-hybridized carbons (Fsp3) is 0.462. The Hall–Kier alpha value is -3.02. The molecule has 1 fully saturated rings. The second-order valence-electron chi connectivity index (χ2n) is 10.1. The molecule has 1 amide bonds. The van der Waals surface area contributed by atoms with Crippen LogP contribution in [0.4, 0.5) is 0 Å². The van der Waals surface area contributed by atoms with Crippen LogP contribution in [0.5, 0.6) is 0 Å². The average molecular weight is 432 g/mol. The molecule has 1 aliphatic heterocycles. The Bertz CT molecular complexity index is 1050. The summed E-state index contributed by atoms with van der Waals surface area (Å²) in [6, 6.07) is 18.9. The van der Waals surface area contributed by atoms with Crippen molar-refractivity contribution in [2.45, 2.75) is 58.9 Å². The van der Waals surface area contributed by atoms with E-state index in [1.54, 1.807) is 4.80 Å². The third-order valence-electron chi connectivity index (χ3n) is 6.24. The lowest BCUT2D eigenvalue weighted by molar-refractivity contribution is 0.0790. The van der Waals surface area contributed by atoms with E-state index in [1.165, 1.54) is 11.1 Å². The normalized spacial score (nSPS) is 17.7. The van der Waals surface area contributed by atoms with Gasteiger partial charge < -0.3 is 4.90 Å². The fourth-order valence-corrected chi connectivity index (χ4v) is 4.61. The Morgan fingerprint density at radius 1 is 1.00 bits per heavy atom. The molecule has 1 aromatic heterocycles. The van der Waals surface area contributed by atoms with Gasteiger partial charge in [0.1, 0.15) is 0 Å². The predicted molar refractivity (Wildman–Crippen MR) is 126 cm³/mol. The summed E-state index contributed by atoms with van der Waals surface area (Å²) in [7, 11) is 0. The van der Waals surface area contributed by atoms with Crippen molar-refractivity contribution < 1.29 is 4.79 Å². The number of aromatic nitrogens is 4. The molecule has 1 saturated heterocycles. The first-order valence-corrected chi connectivity index (χ1v) is 11.5. The molecule has 168 valence electrons. The monoisotopic (exact) mass is 431 g/mol. The molecule has 6 heteroatoms. The van der Waals surface area contributed by atoms with Gasteiger partial charge in [0.05, 0.1) is 6.04 Å². The maximum absolute atomic E-state index is 13.1. The minimum Gasteiger partial charge on any atom is -0.338 e. The number of tetrazole rings is 1. The highest BCUT2D eigenvalue weighted by molar-refractivity contribution is 5.94. The van der Waals surface area contributed by atoms with Gasteiger partial charge in [-0.3, -0.25) is 4.79 Å². The highest BCUT2D eigenvalue weighted by Gasteiger charge is 2.32. The van der Waals surface area contributed by atoms with Crippen LogP contribution in [0.2, 0.25) is 0 Å². The second-order valence-corrected chi connectivity index (χ2v) is 10.1. The maximum Gasteiger partial charge on any atom is 0.253 e. The summed E-state index contributed by atoms with van der Waals surface area (Å²) in [6.45, 7) is 12.2. The van der Waals surface area contributed by atoms with Crippen molar-refractivity contribution in [2.24, 2.45) is 5.41 Å². The Labute approximate surface area is 190 Å². The number of rotatable bonds is 5. The fourth-order valence-electron chi connectivity index (χ4n) is 4.61. The molecule has 2 atom stereocenters. The number of benzene rings is 2. The number of hydrogen-bond acceptors (Lipinski definition) is 4. The smallest absolute Gasteiger partial charge is 0.253 e. The van der Waals surface area contributed by atoms with Crippen molar-refractivity contribution >= 4 is 5.91 Å². The van der Waals surface area contributed by atoms with Gasteiger partial charge in [0.15, 0.2) is 5.82 Å². The van der Waals surface area contributed by atoms with Crippen molar-refractivity contribution in [2.75, 3.05) is 13.1 Å². The van der Waals surface area contributed by atoms with Crippen LogP contribution in [0.1, 0.15) is 86.2 Å². The second kappa shape index (κ2) is 8.85. The van der Waals surface area contributed by atoms with Gasteiger partial charge in [-0.05, 0) is 54.2 Å². The molecule has 1 aliphatic rings. The molecule has 32 heavy (non-hydrogen) atoms. The first kappa shape index (κ1) is 22.2. The summed E-state index contributed by atoms with van der Waals surface area (Å²) >= 11 is 0. The third-order valence-corrected chi connectivity index (χ3v) is 6.24. The van der Waals surface area contributed by atoms with E-state index in [0.29, 0.717) is 6.54 Å². The summed E-state index contributed by atoms with van der Waals surface area (Å²) in [4.78, 5) is 16.7. The van der Waals surface area contributed by atoms with Crippen LogP contribution in [-0.2, 0) is 0 Å². The molecule has 3 aromatic rings. The van der Waals surface area contributed by atoms with E-state index in [1.807, 2.05) is 36.9 Å². The van der Waals surface area contributed by atoms with Crippen molar-refractivity contribution in [1.82, 2.24) is 25.1 Å². The van der Waals surface area contributed by atoms with Crippen molar-refractivity contribution in [3.05, 3.63) is 77.1 Å². The van der Waals surface area contributed by atoms with Crippen LogP contribution < -0.4 is 0 Å². The van der Waals surface area contributed by atoms with Crippen LogP contribution in [0.15, 0.2) is 54.6 Å². The van der Waals surface area contributed by atoms with Crippen LogP contribution in [-0.4, -0.2) is 44.1 Å². The van der Waals surface area contributed by atoms with Gasteiger partial charge in [0.25, 0.3) is 5.91 Å². The topological polar surface area (TPSA) is 63.9 Å². The molecule has 0 saturated carbocycles. The average Bonchev–Trinajstić information content (AvgIpc) is 3.44. The summed E-state index contributed by atoms with van der Waals surface area (Å²) in [5.41, 5.74) is 3.32. The zero-order chi connectivity index (χ0) is 22.9. The number of carbonyl (C=O) groups is 1. The van der Waals surface area contributed by atoms with Gasteiger partial charge in [0, 0.05) is 30.5 Å². The van der Waals surface area contributed by atoms with Gasteiger partial charge in [-0.2, -0.15) is 4.80 Å². The number of amides is 1. The van der Waals surface area contributed by atoms with Gasteiger partial charge in [0.2, 0.25) is 0 Å². The minimum absolute atomic E-state index is 0.0650. The molecule has 2 aromatic carbocycles. The number of hydrogen-bond donors (Lipinski definition) is 0. The molecule has 0 aliphatic carbocycles. The van der Waals surface area contributed by atoms with Crippen LogP contribution in [0.25, 0.3) is 0 Å². The lowest BCUT2D eigenvalue weighted by atomic mass is 9.72. The Morgan fingerprint density at radius 3 is 2.25 bits per heavy atom. The van der Waals surface area contributed by atoms with Gasteiger partial charge in [-0.15, -0.1) is 10.2 Å². The van der Waals surface area contributed by atoms with E-state index in [-0.39, 0.29) is 29.2 Å². The zero-order valence-corrected chi connectivity index (χ0v) is 19.7. The van der Waals surface area contributed by atoms with Crippen LogP contribution >= 0.6 is 0 Å².